The molecule has 0 spiro atoms. The van der Waals surface area contributed by atoms with Crippen molar-refractivity contribution in [3.05, 3.63) is 0 Å². The van der Waals surface area contributed by atoms with Crippen LogP contribution >= 0.6 is 9.90 Å². The summed E-state index contributed by atoms with van der Waals surface area (Å²) in [6.07, 6.45) is 0. The molecule has 0 amide bonds. The summed E-state index contributed by atoms with van der Waals surface area (Å²) in [6.45, 7) is 8.00. The summed E-state index contributed by atoms with van der Waals surface area (Å²) in [7, 11) is 0. The number of hydrogen-bond acceptors (Lipinski definition) is 0. The van der Waals surface area contributed by atoms with Gasteiger partial charge in [0.05, 0.1) is 0 Å². The highest BCUT2D eigenvalue weighted by Gasteiger charge is 0.934. The molecule has 0 aliphatic heterocycles. The van der Waals surface area contributed by atoms with Crippen molar-refractivity contribution in [1.82, 2.24) is 0 Å². The summed E-state index contributed by atoms with van der Waals surface area (Å²) in [5.74, 6) is 0. The van der Waals surface area contributed by atoms with Crippen LogP contribution in [0.3, 0.4) is 0 Å². The van der Waals surface area contributed by atoms with E-state index < -0.39 is 0 Å². The van der Waals surface area contributed by atoms with Gasteiger partial charge < -0.3 is 0 Å². The van der Waals surface area contributed by atoms with Gasteiger partial charge in [0.1, 0.15) is 0 Å². The minimum atomic E-state index is 0. The van der Waals surface area contributed by atoms with E-state index in [9.17, 15) is 0 Å². The smallest absolute Gasteiger partial charge is 0.0683 e. The molecule has 0 aromatic rings. The molecule has 0 saturated carbocycles. The molecule has 0 aliphatic carbocycles. The van der Waals surface area contributed by atoms with Gasteiger partial charge >= 0.3 is 0 Å². The van der Waals surface area contributed by atoms with Crippen LogP contribution in [-0.2, 0) is 0 Å². The first-order chi connectivity index (χ1) is 2.00. The van der Waals surface area contributed by atoms with E-state index >= 15 is 0 Å². The van der Waals surface area contributed by atoms with Crippen molar-refractivity contribution in [2.24, 2.45) is 0 Å². The van der Waals surface area contributed by atoms with E-state index in [2.05, 4.69) is 0 Å². The molecular weight excluding hydrogens is 223 g/mol. The zero-order chi connectivity index (χ0) is 4.00. The molecule has 0 bridgehead atoms. The van der Waals surface area contributed by atoms with Crippen molar-refractivity contribution < 1.29 is 0 Å². The summed E-state index contributed by atoms with van der Waals surface area (Å²) in [5.41, 5.74) is 0. The van der Waals surface area contributed by atoms with E-state index in [1.165, 1.54) is 0 Å². The van der Waals surface area contributed by atoms with Gasteiger partial charge in [0.15, 0.2) is 0 Å². The Labute approximate surface area is 127 Å². The number of rotatable bonds is 0. The van der Waals surface area contributed by atoms with Crippen molar-refractivity contribution >= 4 is 9.90 Å². The first-order valence-electron chi connectivity index (χ1n) is 2.00. The normalized spacial score (nSPS) is 0.706. The predicted molar refractivity (Wildman–Crippen MR) is 115 cm³/mol. The van der Waals surface area contributed by atoms with Gasteiger partial charge in [-0.25, -0.2) is 0 Å². The first kappa shape index (κ1) is 797. The predicted octanol–water partition coefficient (Wildman–Crippen LogP) is 9.74. The molecule has 0 nitrogen and oxygen atoms in total. The van der Waals surface area contributed by atoms with Crippen LogP contribution < -0.4 is 0 Å². The summed E-state index contributed by atoms with van der Waals surface area (Å²) in [4.78, 5) is 0. The zero-order valence-electron chi connectivity index (χ0n) is 4.71. The highest BCUT2D eigenvalue weighted by molar-refractivity contribution is 6.92. The van der Waals surface area contributed by atoms with Crippen LogP contribution in [0.4, 0.5) is 0 Å². The summed E-state index contributed by atoms with van der Waals surface area (Å²) in [5, 5.41) is 0. The molecule has 0 aromatic carbocycles. The Morgan fingerprint density at radius 1 is 0.235 bits per heavy atom. The van der Waals surface area contributed by atoms with Crippen LogP contribution in [0.2, 0.25) is 0 Å². The van der Waals surface area contributed by atoms with Crippen molar-refractivity contribution in [3.63, 3.8) is 0 Å². The molecule has 0 rings (SSSR count). The molecule has 0 radical (unpaired) electrons. The zero-order valence-corrected chi connectivity index (χ0v) is 6.12. The van der Waals surface area contributed by atoms with Gasteiger partial charge in [0.25, 0.3) is 0 Å². The lowest BCUT2D eigenvalue weighted by atomic mass is 11.0. The first-order valence-corrected chi connectivity index (χ1v) is 2.00. The Morgan fingerprint density at radius 3 is 0.235 bits per heavy atom. The maximum atomic E-state index is 2.00. The van der Waals surface area contributed by atoms with E-state index in [0.29, 0.717) is 0 Å². The summed E-state index contributed by atoms with van der Waals surface area (Å²) in [6, 6.07) is 0. The Morgan fingerprint density at radius 2 is 0.235 bits per heavy atom. The van der Waals surface area contributed by atoms with Gasteiger partial charge in [-0.3, -0.25) is 0 Å². The lowest BCUT2D eigenvalue weighted by Gasteiger charge is -1.07. The third-order valence-electron chi connectivity index (χ3n) is 0. The molecule has 17 heavy (non-hydrogen) atoms. The highest BCUT2D eigenvalue weighted by atomic mass is 31.0. The van der Waals surface area contributed by atoms with Crippen LogP contribution in [0.15, 0.2) is 0 Å². The second-order valence-electron chi connectivity index (χ2n) is 0. The molecule has 0 N–H and O–H groups in total. The largest absolute Gasteiger partial charge is 0.153 e. The Bertz CT molecular complexity index is 5.49. The van der Waals surface area contributed by atoms with Gasteiger partial charge in [-0.15, -0.1) is 0 Å². The second kappa shape index (κ2) is 21200. The standard InChI is InChI=1S/2C2H6.12CH4.H3P/c2*1-2;;;;;;;;;;;;;/h2*1-2H3;12*1H4;1H3. The Hall–Kier alpha value is 0.430. The van der Waals surface area contributed by atoms with Crippen LogP contribution in [0.5, 0.6) is 0 Å². The molecule has 0 aromatic heterocycles. The maximum Gasteiger partial charge on any atom is -0.0683 e. The second-order valence-corrected chi connectivity index (χ2v) is 0. The summed E-state index contributed by atoms with van der Waals surface area (Å²) >= 11 is 0. The maximum absolute atomic E-state index is 2.00. The van der Waals surface area contributed by atoms with E-state index in [1.807, 2.05) is 27.7 Å². The minimum absolute atomic E-state index is 0. The average molecular weight is 287 g/mol. The van der Waals surface area contributed by atoms with E-state index in [-0.39, 0.29) is 99.0 Å². The molecule has 1 atom stereocenters. The highest BCUT2D eigenvalue weighted by Crippen LogP contribution is 1.15. The van der Waals surface area contributed by atoms with Crippen LogP contribution in [0, 0.1) is 0 Å². The topological polar surface area (TPSA) is 0 Å². The Kier molecular flexibility index (Phi) is 992000. The average Bonchev–Trinajstić information content (AvgIpc) is 1.50. The number of hydrogen-bond donors (Lipinski definition) is 0. The van der Waals surface area contributed by atoms with Crippen LogP contribution in [0.25, 0.3) is 0 Å². The van der Waals surface area contributed by atoms with E-state index in [1.54, 1.807) is 0 Å². The molecule has 1 heteroatoms. The van der Waals surface area contributed by atoms with Gasteiger partial charge in [-0.1, -0.05) is 117 Å². The van der Waals surface area contributed by atoms with Crippen molar-refractivity contribution in [3.8, 4) is 0 Å². The molecule has 132 valence electrons. The minimum Gasteiger partial charge on any atom is -0.153 e. The van der Waals surface area contributed by atoms with Crippen molar-refractivity contribution in [1.29, 1.82) is 0 Å². The van der Waals surface area contributed by atoms with Crippen molar-refractivity contribution in [2.45, 2.75) is 117 Å². The molecule has 0 saturated heterocycles. The van der Waals surface area contributed by atoms with E-state index in [0.717, 1.165) is 0 Å². The Balaban J connectivity index is -0.000000000205. The fourth-order valence-corrected chi connectivity index (χ4v) is 0. The third kappa shape index (κ3) is 18500. The monoisotopic (exact) mass is 286 g/mol. The van der Waals surface area contributed by atoms with Crippen LogP contribution in [-0.4, -0.2) is 0 Å². The fraction of sp³-hybridized carbons (Fsp3) is 1.00. The van der Waals surface area contributed by atoms with Gasteiger partial charge in [-0.05, 0) is 0 Å². The van der Waals surface area contributed by atoms with Gasteiger partial charge in [-0.2, -0.15) is 9.90 Å². The molecular formula is C16H63P. The summed E-state index contributed by atoms with van der Waals surface area (Å²) < 4.78 is 0. The lowest BCUT2D eigenvalue weighted by Crippen LogP contribution is -0.856. The van der Waals surface area contributed by atoms with E-state index in [4.69, 9.17) is 0 Å². The molecule has 1 unspecified atom stereocenters. The molecule has 0 fully saturated rings. The third-order valence-corrected chi connectivity index (χ3v) is 0. The van der Waals surface area contributed by atoms with Crippen LogP contribution in [0.1, 0.15) is 117 Å². The van der Waals surface area contributed by atoms with Gasteiger partial charge in [0.2, 0.25) is 0 Å². The lowest BCUT2D eigenvalue weighted by molar-refractivity contribution is 1.50. The SMILES string of the molecule is C.C.C.C.C.C.C.C.C.C.C.C.CC.CC.P. The molecule has 0 aliphatic rings. The quantitative estimate of drug-likeness (QED) is 0.389. The fourth-order valence-electron chi connectivity index (χ4n) is 0. The van der Waals surface area contributed by atoms with Gasteiger partial charge in [0, 0.05) is 0 Å². The van der Waals surface area contributed by atoms with Crippen molar-refractivity contribution in [2.75, 3.05) is 0 Å². The molecule has 0 heterocycles.